The van der Waals surface area contributed by atoms with Crippen molar-refractivity contribution < 1.29 is 8.42 Å². The average Bonchev–Trinajstić information content (AvgIpc) is 1.79. The monoisotopic (exact) mass is 237 g/mol. The molecule has 0 bridgehead atoms. The lowest BCUT2D eigenvalue weighted by atomic mass is 10.3. The maximum atomic E-state index is 11.5. The molecular formula is C7H15N3O2S2. The van der Waals surface area contributed by atoms with Crippen molar-refractivity contribution in [3.8, 4) is 0 Å². The highest BCUT2D eigenvalue weighted by Gasteiger charge is 2.29. The Morgan fingerprint density at radius 2 is 1.71 bits per heavy atom. The minimum Gasteiger partial charge on any atom is -0.298 e. The van der Waals surface area contributed by atoms with Gasteiger partial charge in [-0.15, -0.1) is 0 Å². The second-order valence-electron chi connectivity index (χ2n) is 3.71. The fraction of sp³-hybridized carbons (Fsp3) is 0.714. The van der Waals surface area contributed by atoms with Crippen molar-refractivity contribution in [3.63, 3.8) is 0 Å². The lowest BCUT2D eigenvalue weighted by molar-refractivity contribution is 0.556. The molecule has 0 atom stereocenters. The van der Waals surface area contributed by atoms with Crippen molar-refractivity contribution >= 4 is 32.0 Å². The van der Waals surface area contributed by atoms with Crippen LogP contribution in [0.15, 0.2) is 0 Å². The van der Waals surface area contributed by atoms with Gasteiger partial charge in [-0.2, -0.15) is 0 Å². The number of amidine groups is 1. The first kappa shape index (κ1) is 13.4. The van der Waals surface area contributed by atoms with Crippen LogP contribution in [0.4, 0.5) is 0 Å². The summed E-state index contributed by atoms with van der Waals surface area (Å²) in [4.78, 5) is 0. The van der Waals surface area contributed by atoms with Gasteiger partial charge in [0.1, 0.15) is 0 Å². The van der Waals surface area contributed by atoms with Gasteiger partial charge in [-0.3, -0.25) is 15.5 Å². The molecule has 3 N–H and O–H groups in total. The quantitative estimate of drug-likeness (QED) is 0.475. The highest BCUT2D eigenvalue weighted by Crippen LogP contribution is 2.14. The molecule has 0 aliphatic rings. The molecule has 0 aliphatic heterocycles. The summed E-state index contributed by atoms with van der Waals surface area (Å²) in [6, 6.07) is 0. The number of hydrogen-bond donors (Lipinski definition) is 3. The van der Waals surface area contributed by atoms with Gasteiger partial charge in [0.25, 0.3) is 0 Å². The Morgan fingerprint density at radius 3 is 2.00 bits per heavy atom. The predicted molar refractivity (Wildman–Crippen MR) is 60.5 cm³/mol. The van der Waals surface area contributed by atoms with E-state index in [1.165, 1.54) is 6.92 Å². The van der Waals surface area contributed by atoms with Crippen molar-refractivity contribution in [2.24, 2.45) is 0 Å². The Hall–Kier alpha value is -0.560. The molecule has 0 heterocycles. The molecule has 0 aromatic heterocycles. The van der Waals surface area contributed by atoms with Gasteiger partial charge in [-0.1, -0.05) is 0 Å². The topological polar surface area (TPSA) is 93.9 Å². The summed E-state index contributed by atoms with van der Waals surface area (Å²) in [7, 11) is -3.53. The van der Waals surface area contributed by atoms with E-state index in [4.69, 9.17) is 10.8 Å². The van der Waals surface area contributed by atoms with E-state index in [1.807, 2.05) is 0 Å². The summed E-state index contributed by atoms with van der Waals surface area (Å²) in [5.41, 5.74) is 0. The smallest absolute Gasteiger partial charge is 0.239 e. The summed E-state index contributed by atoms with van der Waals surface area (Å²) >= 11 is 0.774. The SMILES string of the molecule is CC(=N)SC(=N)NS(=O)(=O)C(C)(C)C. The van der Waals surface area contributed by atoms with Gasteiger partial charge >= 0.3 is 0 Å². The van der Waals surface area contributed by atoms with Crippen molar-refractivity contribution in [1.29, 1.82) is 10.8 Å². The standard InChI is InChI=1S/C7H15N3O2S2/c1-5(8)13-6(9)10-14(11,12)7(2,3)4/h8H,1-4H3,(H2,9,10). The Balaban J connectivity index is 4.55. The zero-order chi connectivity index (χ0) is 11.6. The summed E-state index contributed by atoms with van der Waals surface area (Å²) in [5.74, 6) is 0. The van der Waals surface area contributed by atoms with Crippen LogP contribution in [-0.4, -0.2) is 23.4 Å². The molecule has 0 radical (unpaired) electrons. The first-order valence-corrected chi connectivity index (χ1v) is 6.20. The van der Waals surface area contributed by atoms with E-state index in [-0.39, 0.29) is 10.2 Å². The van der Waals surface area contributed by atoms with E-state index in [2.05, 4.69) is 4.72 Å². The molecule has 0 unspecified atom stereocenters. The van der Waals surface area contributed by atoms with Gasteiger partial charge in [0.15, 0.2) is 5.17 Å². The predicted octanol–water partition coefficient (Wildman–Crippen LogP) is 1.37. The lowest BCUT2D eigenvalue weighted by Crippen LogP contribution is -2.41. The minimum atomic E-state index is -3.53. The van der Waals surface area contributed by atoms with Gasteiger partial charge < -0.3 is 0 Å². The average molecular weight is 237 g/mol. The van der Waals surface area contributed by atoms with Gasteiger partial charge in [0.2, 0.25) is 10.0 Å². The second-order valence-corrected chi connectivity index (χ2v) is 7.37. The maximum Gasteiger partial charge on any atom is 0.239 e. The fourth-order valence-electron chi connectivity index (χ4n) is 0.449. The third-order valence-electron chi connectivity index (χ3n) is 1.29. The Morgan fingerprint density at radius 1 is 1.29 bits per heavy atom. The first-order valence-electron chi connectivity index (χ1n) is 3.90. The largest absolute Gasteiger partial charge is 0.298 e. The third kappa shape index (κ3) is 4.10. The van der Waals surface area contributed by atoms with Crippen LogP contribution in [0.5, 0.6) is 0 Å². The molecule has 0 rings (SSSR count). The highest BCUT2D eigenvalue weighted by molar-refractivity contribution is 8.26. The minimum absolute atomic E-state index is 0.173. The van der Waals surface area contributed by atoms with Crippen LogP contribution in [0, 0.1) is 10.8 Å². The molecular weight excluding hydrogens is 222 g/mol. The summed E-state index contributed by atoms with van der Waals surface area (Å²) in [5, 5.41) is 14.3. The van der Waals surface area contributed by atoms with Crippen LogP contribution in [0.25, 0.3) is 0 Å². The van der Waals surface area contributed by atoms with Gasteiger partial charge in [0, 0.05) is 0 Å². The highest BCUT2D eigenvalue weighted by atomic mass is 32.2. The molecule has 0 saturated carbocycles. The van der Waals surface area contributed by atoms with E-state index < -0.39 is 14.8 Å². The lowest BCUT2D eigenvalue weighted by Gasteiger charge is -2.20. The van der Waals surface area contributed by atoms with Crippen molar-refractivity contribution in [3.05, 3.63) is 0 Å². The molecule has 7 heteroatoms. The molecule has 0 aromatic rings. The molecule has 14 heavy (non-hydrogen) atoms. The molecule has 0 aliphatic carbocycles. The van der Waals surface area contributed by atoms with Crippen LogP contribution in [-0.2, 0) is 10.0 Å². The van der Waals surface area contributed by atoms with E-state index in [9.17, 15) is 8.42 Å². The normalized spacial score (nSPS) is 12.3. The number of rotatable bonds is 1. The first-order chi connectivity index (χ1) is 6.06. The molecule has 0 aromatic carbocycles. The number of thioether (sulfide) groups is 1. The van der Waals surface area contributed by atoms with E-state index in [0.29, 0.717) is 0 Å². The third-order valence-corrected chi connectivity index (χ3v) is 4.12. The summed E-state index contributed by atoms with van der Waals surface area (Å²) in [6.07, 6.45) is 0. The molecule has 5 nitrogen and oxygen atoms in total. The van der Waals surface area contributed by atoms with Gasteiger partial charge in [-0.05, 0) is 39.5 Å². The van der Waals surface area contributed by atoms with Crippen molar-refractivity contribution in [1.82, 2.24) is 4.72 Å². The van der Waals surface area contributed by atoms with E-state index in [0.717, 1.165) is 11.8 Å². The van der Waals surface area contributed by atoms with Crippen LogP contribution < -0.4 is 4.72 Å². The Kier molecular flexibility index (Phi) is 4.14. The molecule has 82 valence electrons. The number of hydrogen-bond acceptors (Lipinski definition) is 5. The Labute approximate surface area is 88.7 Å². The van der Waals surface area contributed by atoms with E-state index in [1.54, 1.807) is 20.8 Å². The number of sulfonamides is 1. The maximum absolute atomic E-state index is 11.5. The Bertz CT molecular complexity index is 340. The fourth-order valence-corrected chi connectivity index (χ4v) is 1.80. The van der Waals surface area contributed by atoms with Crippen LogP contribution in [0.1, 0.15) is 27.7 Å². The second kappa shape index (κ2) is 4.31. The van der Waals surface area contributed by atoms with Crippen LogP contribution >= 0.6 is 11.8 Å². The van der Waals surface area contributed by atoms with Gasteiger partial charge in [-0.25, -0.2) is 8.42 Å². The molecule has 0 saturated heterocycles. The molecule has 0 fully saturated rings. The zero-order valence-corrected chi connectivity index (χ0v) is 10.3. The summed E-state index contributed by atoms with van der Waals surface area (Å²) < 4.78 is 24.2. The van der Waals surface area contributed by atoms with Crippen molar-refractivity contribution in [2.45, 2.75) is 32.4 Å². The molecule has 0 spiro atoms. The number of nitrogens with one attached hydrogen (secondary N) is 3. The molecule has 0 amide bonds. The zero-order valence-electron chi connectivity index (χ0n) is 8.63. The van der Waals surface area contributed by atoms with Gasteiger partial charge in [0.05, 0.1) is 9.79 Å². The van der Waals surface area contributed by atoms with Crippen molar-refractivity contribution in [2.75, 3.05) is 0 Å². The van der Waals surface area contributed by atoms with Crippen LogP contribution in [0.2, 0.25) is 0 Å². The van der Waals surface area contributed by atoms with E-state index >= 15 is 0 Å². The summed E-state index contributed by atoms with van der Waals surface area (Å²) in [6.45, 7) is 6.13. The van der Waals surface area contributed by atoms with Crippen LogP contribution in [0.3, 0.4) is 0 Å².